The van der Waals surface area contributed by atoms with Crippen molar-refractivity contribution in [3.63, 3.8) is 0 Å². The van der Waals surface area contributed by atoms with Crippen LogP contribution in [-0.2, 0) is 0 Å². The lowest BCUT2D eigenvalue weighted by molar-refractivity contribution is 0.102. The van der Waals surface area contributed by atoms with Crippen LogP contribution in [0.25, 0.3) is 0 Å². The number of hydrogen-bond acceptors (Lipinski definition) is 5. The first-order valence-electron chi connectivity index (χ1n) is 9.17. The normalized spacial score (nSPS) is 10.7. The Morgan fingerprint density at radius 1 is 1.00 bits per heavy atom. The number of ether oxygens (including phenoxy) is 3. The summed E-state index contributed by atoms with van der Waals surface area (Å²) in [5.74, 6) is 1.01. The summed E-state index contributed by atoms with van der Waals surface area (Å²) in [6.07, 6.45) is 0.588. The van der Waals surface area contributed by atoms with E-state index in [0.29, 0.717) is 34.1 Å². The molecule has 2 rings (SSSR count). The Labute approximate surface area is 165 Å². The number of aldehydes is 1. The third-order valence-electron chi connectivity index (χ3n) is 3.87. The molecule has 2 aromatic rings. The summed E-state index contributed by atoms with van der Waals surface area (Å²) < 4.78 is 17.1. The number of benzene rings is 2. The van der Waals surface area contributed by atoms with Crippen molar-refractivity contribution >= 4 is 17.9 Å². The first kappa shape index (κ1) is 21.3. The number of carbonyl (C=O) groups is 2. The molecule has 0 spiro atoms. The summed E-state index contributed by atoms with van der Waals surface area (Å²) in [5.41, 5.74) is 2.35. The highest BCUT2D eigenvalue weighted by Gasteiger charge is 2.20. The zero-order valence-electron chi connectivity index (χ0n) is 17.2. The minimum Gasteiger partial charge on any atom is -0.490 e. The van der Waals surface area contributed by atoms with Gasteiger partial charge < -0.3 is 19.5 Å². The Morgan fingerprint density at radius 3 is 2.00 bits per heavy atom. The van der Waals surface area contributed by atoms with Crippen molar-refractivity contribution in [2.75, 3.05) is 12.4 Å². The Hall–Kier alpha value is -3.02. The van der Waals surface area contributed by atoms with Crippen molar-refractivity contribution < 1.29 is 23.8 Å². The highest BCUT2D eigenvalue weighted by Crippen LogP contribution is 2.40. The van der Waals surface area contributed by atoms with Gasteiger partial charge in [-0.3, -0.25) is 9.59 Å². The standard InChI is InChI=1S/C22H27NO5/c1-13(2)27-19-10-17(11-20(21(19)26-6)28-14(3)4)22(25)23-18-8-7-16(12-24)15(5)9-18/h7-14H,1-6H3,(H,23,25). The highest BCUT2D eigenvalue weighted by molar-refractivity contribution is 6.05. The van der Waals surface area contributed by atoms with Gasteiger partial charge in [-0.25, -0.2) is 0 Å². The molecule has 0 aliphatic rings. The van der Waals surface area contributed by atoms with Crippen molar-refractivity contribution in [1.29, 1.82) is 0 Å². The lowest BCUT2D eigenvalue weighted by Crippen LogP contribution is -2.15. The van der Waals surface area contributed by atoms with Crippen LogP contribution in [0.1, 0.15) is 54.0 Å². The number of methoxy groups -OCH3 is 1. The average Bonchev–Trinajstić information content (AvgIpc) is 2.60. The van der Waals surface area contributed by atoms with Crippen molar-refractivity contribution in [1.82, 2.24) is 0 Å². The van der Waals surface area contributed by atoms with Gasteiger partial charge in [0.05, 0.1) is 19.3 Å². The molecular weight excluding hydrogens is 358 g/mol. The Kier molecular flexibility index (Phi) is 7.04. The van der Waals surface area contributed by atoms with Crippen LogP contribution in [-0.4, -0.2) is 31.5 Å². The Balaban J connectivity index is 2.40. The maximum absolute atomic E-state index is 12.8. The molecule has 2 aromatic carbocycles. The number of carbonyl (C=O) groups excluding carboxylic acids is 2. The largest absolute Gasteiger partial charge is 0.490 e. The first-order chi connectivity index (χ1) is 13.2. The highest BCUT2D eigenvalue weighted by atomic mass is 16.5. The first-order valence-corrected chi connectivity index (χ1v) is 9.17. The quantitative estimate of drug-likeness (QED) is 0.670. The molecule has 0 aromatic heterocycles. The maximum Gasteiger partial charge on any atom is 0.255 e. The van der Waals surface area contributed by atoms with E-state index in [4.69, 9.17) is 14.2 Å². The van der Waals surface area contributed by atoms with Gasteiger partial charge in [0.1, 0.15) is 6.29 Å². The third kappa shape index (κ3) is 5.25. The second kappa shape index (κ2) is 9.26. The number of amides is 1. The molecule has 28 heavy (non-hydrogen) atoms. The molecule has 0 atom stereocenters. The zero-order chi connectivity index (χ0) is 20.8. The molecule has 0 bridgehead atoms. The summed E-state index contributed by atoms with van der Waals surface area (Å²) in [4.78, 5) is 23.8. The van der Waals surface area contributed by atoms with Crippen molar-refractivity contribution in [3.8, 4) is 17.2 Å². The van der Waals surface area contributed by atoms with E-state index in [1.807, 2.05) is 34.6 Å². The second-order valence-corrected chi connectivity index (χ2v) is 6.98. The fraction of sp³-hybridized carbons (Fsp3) is 0.364. The molecule has 150 valence electrons. The molecule has 0 saturated carbocycles. The van der Waals surface area contributed by atoms with Crippen LogP contribution >= 0.6 is 0 Å². The van der Waals surface area contributed by atoms with E-state index >= 15 is 0 Å². The number of rotatable bonds is 8. The smallest absolute Gasteiger partial charge is 0.255 e. The van der Waals surface area contributed by atoms with Crippen LogP contribution in [0.3, 0.4) is 0 Å². The van der Waals surface area contributed by atoms with E-state index in [2.05, 4.69) is 5.32 Å². The van der Waals surface area contributed by atoms with E-state index < -0.39 is 0 Å². The second-order valence-electron chi connectivity index (χ2n) is 6.98. The summed E-state index contributed by atoms with van der Waals surface area (Å²) in [7, 11) is 1.53. The summed E-state index contributed by atoms with van der Waals surface area (Å²) in [6, 6.07) is 8.38. The molecule has 0 radical (unpaired) electrons. The Bertz CT molecular complexity index is 827. The van der Waals surface area contributed by atoms with Gasteiger partial charge >= 0.3 is 0 Å². The minimum absolute atomic E-state index is 0.0994. The molecule has 0 saturated heterocycles. The number of hydrogen-bond donors (Lipinski definition) is 1. The van der Waals surface area contributed by atoms with Gasteiger partial charge in [0.25, 0.3) is 5.91 Å². The van der Waals surface area contributed by atoms with Crippen LogP contribution < -0.4 is 19.5 Å². The maximum atomic E-state index is 12.8. The molecular formula is C22H27NO5. The molecule has 0 heterocycles. The molecule has 1 amide bonds. The van der Waals surface area contributed by atoms with E-state index in [9.17, 15) is 9.59 Å². The van der Waals surface area contributed by atoms with Crippen LogP contribution in [0.2, 0.25) is 0 Å². The summed E-state index contributed by atoms with van der Waals surface area (Å²) in [5, 5.41) is 2.84. The van der Waals surface area contributed by atoms with Crippen LogP contribution in [0.5, 0.6) is 17.2 Å². The topological polar surface area (TPSA) is 73.9 Å². The van der Waals surface area contributed by atoms with Crippen molar-refractivity contribution in [2.45, 2.75) is 46.8 Å². The zero-order valence-corrected chi connectivity index (χ0v) is 17.2. The van der Waals surface area contributed by atoms with Crippen molar-refractivity contribution in [2.24, 2.45) is 0 Å². The lowest BCUT2D eigenvalue weighted by Gasteiger charge is -2.20. The molecule has 0 unspecified atom stereocenters. The van der Waals surface area contributed by atoms with Gasteiger partial charge in [-0.15, -0.1) is 0 Å². The monoisotopic (exact) mass is 385 g/mol. The van der Waals surface area contributed by atoms with Crippen LogP contribution in [0, 0.1) is 6.92 Å². The average molecular weight is 385 g/mol. The summed E-state index contributed by atoms with van der Waals surface area (Å²) in [6.45, 7) is 9.40. The van der Waals surface area contributed by atoms with E-state index in [1.165, 1.54) is 7.11 Å². The minimum atomic E-state index is -0.317. The lowest BCUT2D eigenvalue weighted by atomic mass is 10.1. The fourth-order valence-corrected chi connectivity index (χ4v) is 2.68. The van der Waals surface area contributed by atoms with Gasteiger partial charge in [0, 0.05) is 16.8 Å². The summed E-state index contributed by atoms with van der Waals surface area (Å²) >= 11 is 0. The molecule has 0 aliphatic carbocycles. The number of nitrogens with one attached hydrogen (secondary N) is 1. The number of aryl methyl sites for hydroxylation is 1. The van der Waals surface area contributed by atoms with Gasteiger partial charge in [-0.1, -0.05) is 0 Å². The molecule has 6 heteroatoms. The predicted octanol–water partition coefficient (Wildman–Crippen LogP) is 4.64. The number of anilines is 1. The molecule has 0 aliphatic heterocycles. The third-order valence-corrected chi connectivity index (χ3v) is 3.87. The molecule has 1 N–H and O–H groups in total. The van der Waals surface area contributed by atoms with Gasteiger partial charge in [0.2, 0.25) is 5.75 Å². The molecule has 0 fully saturated rings. The van der Waals surface area contributed by atoms with Crippen LogP contribution in [0.4, 0.5) is 5.69 Å². The van der Waals surface area contributed by atoms with Gasteiger partial charge in [-0.05, 0) is 70.5 Å². The van der Waals surface area contributed by atoms with Gasteiger partial charge in [0.15, 0.2) is 11.5 Å². The fourth-order valence-electron chi connectivity index (χ4n) is 2.68. The predicted molar refractivity (Wildman–Crippen MR) is 109 cm³/mol. The van der Waals surface area contributed by atoms with E-state index in [-0.39, 0.29) is 18.1 Å². The SMILES string of the molecule is COc1c(OC(C)C)cc(C(=O)Nc2ccc(C=O)c(C)c2)cc1OC(C)C. The van der Waals surface area contributed by atoms with Crippen LogP contribution in [0.15, 0.2) is 30.3 Å². The van der Waals surface area contributed by atoms with Crippen molar-refractivity contribution in [3.05, 3.63) is 47.0 Å². The Morgan fingerprint density at radius 2 is 1.57 bits per heavy atom. The van der Waals surface area contributed by atoms with E-state index in [0.717, 1.165) is 11.8 Å². The van der Waals surface area contributed by atoms with Gasteiger partial charge in [-0.2, -0.15) is 0 Å². The van der Waals surface area contributed by atoms with E-state index in [1.54, 1.807) is 30.3 Å². The molecule has 6 nitrogen and oxygen atoms in total.